The lowest BCUT2D eigenvalue weighted by Gasteiger charge is -1.95. The molecule has 17 heavy (non-hydrogen) atoms. The minimum Gasteiger partial charge on any atom is -0.239 e. The van der Waals surface area contributed by atoms with E-state index in [1.54, 1.807) is 6.07 Å². The highest BCUT2D eigenvalue weighted by Crippen LogP contribution is 1.99. The summed E-state index contributed by atoms with van der Waals surface area (Å²) in [6, 6.07) is 5.49. The van der Waals surface area contributed by atoms with Gasteiger partial charge in [-0.1, -0.05) is 11.6 Å². The van der Waals surface area contributed by atoms with E-state index in [9.17, 15) is 0 Å². The lowest BCUT2D eigenvalue weighted by atomic mass is 10.3. The molecule has 2 aromatic rings. The smallest absolute Gasteiger partial charge is 0.151 e. The predicted molar refractivity (Wildman–Crippen MR) is 68.0 cm³/mol. The van der Waals surface area contributed by atoms with Crippen LogP contribution in [0.5, 0.6) is 0 Å². The van der Waals surface area contributed by atoms with Gasteiger partial charge < -0.3 is 0 Å². The Labute approximate surface area is 106 Å². The third-order valence-corrected chi connectivity index (χ3v) is 2.06. The Bertz CT molecular complexity index is 411. The van der Waals surface area contributed by atoms with Gasteiger partial charge in [0, 0.05) is 11.4 Å². The predicted octanol–water partition coefficient (Wildman–Crippen LogP) is 2.84. The quantitative estimate of drug-likeness (QED) is 0.722. The molecule has 0 bridgehead atoms. The van der Waals surface area contributed by atoms with E-state index in [1.165, 1.54) is 0 Å². The highest BCUT2D eigenvalue weighted by molar-refractivity contribution is 6.29. The monoisotopic (exact) mass is 250 g/mol. The normalized spacial score (nSPS) is 9.47. The molecule has 90 valence electrons. The molecule has 0 spiro atoms. The molecule has 0 aliphatic carbocycles. The van der Waals surface area contributed by atoms with Crippen LogP contribution < -0.4 is 0 Å². The van der Waals surface area contributed by atoms with Crippen LogP contribution in [-0.2, 0) is 0 Å². The molecule has 0 aromatic carbocycles. The van der Waals surface area contributed by atoms with E-state index in [-0.39, 0.29) is 0 Å². The first kappa shape index (κ1) is 13.5. The molecule has 4 nitrogen and oxygen atoms in total. The van der Waals surface area contributed by atoms with Crippen molar-refractivity contribution in [3.05, 3.63) is 46.3 Å². The standard InChI is InChI=1S/C7H10N2.C5H5ClN2/c1-5-4-6(2)9-7(3)8-5;1-4-2-3-5(6)8-7-4/h4H,1-3H3;2-3H,1H3. The summed E-state index contributed by atoms with van der Waals surface area (Å²) in [4.78, 5) is 8.25. The van der Waals surface area contributed by atoms with Gasteiger partial charge in [-0.05, 0) is 45.9 Å². The third-order valence-electron chi connectivity index (χ3n) is 1.86. The molecule has 0 atom stereocenters. The highest BCUT2D eigenvalue weighted by Gasteiger charge is 1.90. The topological polar surface area (TPSA) is 51.6 Å². The fourth-order valence-electron chi connectivity index (χ4n) is 1.28. The van der Waals surface area contributed by atoms with Gasteiger partial charge >= 0.3 is 0 Å². The lowest BCUT2D eigenvalue weighted by molar-refractivity contribution is 0.976. The van der Waals surface area contributed by atoms with Crippen molar-refractivity contribution in [3.63, 3.8) is 0 Å². The van der Waals surface area contributed by atoms with Crippen molar-refractivity contribution < 1.29 is 0 Å². The van der Waals surface area contributed by atoms with E-state index in [1.807, 2.05) is 39.8 Å². The van der Waals surface area contributed by atoms with E-state index >= 15 is 0 Å². The van der Waals surface area contributed by atoms with Crippen LogP contribution in [0.2, 0.25) is 5.15 Å². The fraction of sp³-hybridized carbons (Fsp3) is 0.333. The molecule has 0 unspecified atom stereocenters. The van der Waals surface area contributed by atoms with Crippen molar-refractivity contribution in [1.82, 2.24) is 20.2 Å². The summed E-state index contributed by atoms with van der Waals surface area (Å²) in [6.45, 7) is 7.71. The number of aromatic nitrogens is 4. The Morgan fingerprint density at radius 2 is 1.41 bits per heavy atom. The zero-order valence-corrected chi connectivity index (χ0v) is 11.2. The van der Waals surface area contributed by atoms with Crippen LogP contribution in [0, 0.1) is 27.7 Å². The summed E-state index contributed by atoms with van der Waals surface area (Å²) in [7, 11) is 0. The minimum atomic E-state index is 0.440. The van der Waals surface area contributed by atoms with Crippen molar-refractivity contribution >= 4 is 11.6 Å². The molecule has 2 aromatic heterocycles. The van der Waals surface area contributed by atoms with Crippen molar-refractivity contribution in [2.45, 2.75) is 27.7 Å². The molecular weight excluding hydrogens is 236 g/mol. The molecule has 5 heteroatoms. The van der Waals surface area contributed by atoms with Gasteiger partial charge in [0.1, 0.15) is 5.82 Å². The number of nitrogens with zero attached hydrogens (tertiary/aromatic N) is 4. The van der Waals surface area contributed by atoms with E-state index in [0.717, 1.165) is 22.9 Å². The van der Waals surface area contributed by atoms with Gasteiger partial charge in [-0.15, -0.1) is 5.10 Å². The molecule has 2 heterocycles. The van der Waals surface area contributed by atoms with Gasteiger partial charge in [0.2, 0.25) is 0 Å². The lowest BCUT2D eigenvalue weighted by Crippen LogP contribution is -1.91. The van der Waals surface area contributed by atoms with Gasteiger partial charge in [-0.2, -0.15) is 5.10 Å². The SMILES string of the molecule is Cc1cc(C)nc(C)n1.Cc1ccc(Cl)nn1. The van der Waals surface area contributed by atoms with Crippen LogP contribution >= 0.6 is 11.6 Å². The highest BCUT2D eigenvalue weighted by atomic mass is 35.5. The second-order valence-corrected chi connectivity index (χ2v) is 4.08. The molecule has 0 saturated heterocycles. The van der Waals surface area contributed by atoms with Crippen molar-refractivity contribution in [1.29, 1.82) is 0 Å². The van der Waals surface area contributed by atoms with E-state index in [0.29, 0.717) is 5.15 Å². The third kappa shape index (κ3) is 5.36. The second kappa shape index (κ2) is 6.25. The maximum absolute atomic E-state index is 5.44. The Morgan fingerprint density at radius 1 is 0.824 bits per heavy atom. The molecular formula is C12H15ClN4. The Balaban J connectivity index is 0.000000171. The van der Waals surface area contributed by atoms with E-state index < -0.39 is 0 Å². The number of halogens is 1. The molecule has 0 saturated carbocycles. The molecule has 0 aliphatic rings. The molecule has 0 N–H and O–H groups in total. The summed E-state index contributed by atoms with van der Waals surface area (Å²) in [5.74, 6) is 0.854. The van der Waals surface area contributed by atoms with Crippen molar-refractivity contribution in [3.8, 4) is 0 Å². The Morgan fingerprint density at radius 3 is 1.76 bits per heavy atom. The van der Waals surface area contributed by atoms with Gasteiger partial charge in [-0.3, -0.25) is 0 Å². The molecule has 0 radical (unpaired) electrons. The second-order valence-electron chi connectivity index (χ2n) is 3.70. The average Bonchev–Trinajstić information content (AvgIpc) is 2.21. The fourth-order valence-corrected chi connectivity index (χ4v) is 1.39. The Kier molecular flexibility index (Phi) is 4.97. The van der Waals surface area contributed by atoms with Crippen molar-refractivity contribution in [2.75, 3.05) is 0 Å². The molecule has 0 fully saturated rings. The van der Waals surface area contributed by atoms with Gasteiger partial charge in [0.15, 0.2) is 5.15 Å². The summed E-state index contributed by atoms with van der Waals surface area (Å²) < 4.78 is 0. The maximum atomic E-state index is 5.44. The summed E-state index contributed by atoms with van der Waals surface area (Å²) in [6.07, 6.45) is 0. The summed E-state index contributed by atoms with van der Waals surface area (Å²) in [5, 5.41) is 7.73. The van der Waals surface area contributed by atoms with Gasteiger partial charge in [0.25, 0.3) is 0 Å². The molecule has 2 rings (SSSR count). The minimum absolute atomic E-state index is 0.440. The van der Waals surface area contributed by atoms with E-state index in [4.69, 9.17) is 11.6 Å². The van der Waals surface area contributed by atoms with Crippen molar-refractivity contribution in [2.24, 2.45) is 0 Å². The zero-order valence-electron chi connectivity index (χ0n) is 10.4. The van der Waals surface area contributed by atoms with Crippen LogP contribution in [0.4, 0.5) is 0 Å². The average molecular weight is 251 g/mol. The molecule has 0 amide bonds. The number of hydrogen-bond acceptors (Lipinski definition) is 4. The van der Waals surface area contributed by atoms with Crippen LogP contribution in [-0.4, -0.2) is 20.2 Å². The first-order chi connectivity index (χ1) is 7.97. The van der Waals surface area contributed by atoms with Crippen LogP contribution in [0.15, 0.2) is 18.2 Å². The van der Waals surface area contributed by atoms with E-state index in [2.05, 4.69) is 20.2 Å². The van der Waals surface area contributed by atoms with Crippen LogP contribution in [0.3, 0.4) is 0 Å². The van der Waals surface area contributed by atoms with Gasteiger partial charge in [-0.25, -0.2) is 9.97 Å². The largest absolute Gasteiger partial charge is 0.239 e. The summed E-state index contributed by atoms with van der Waals surface area (Å²) >= 11 is 5.44. The van der Waals surface area contributed by atoms with Crippen LogP contribution in [0.25, 0.3) is 0 Å². The van der Waals surface area contributed by atoms with Gasteiger partial charge in [0.05, 0.1) is 5.69 Å². The number of rotatable bonds is 0. The number of aryl methyl sites for hydroxylation is 4. The van der Waals surface area contributed by atoms with Crippen LogP contribution in [0.1, 0.15) is 22.9 Å². The first-order valence-corrected chi connectivity index (χ1v) is 5.60. The first-order valence-electron chi connectivity index (χ1n) is 5.22. The zero-order chi connectivity index (χ0) is 12.8. The summed E-state index contributed by atoms with van der Waals surface area (Å²) in [5.41, 5.74) is 2.97. The number of hydrogen-bond donors (Lipinski definition) is 0. The Hall–Kier alpha value is -1.55. The maximum Gasteiger partial charge on any atom is 0.151 e. The molecule has 0 aliphatic heterocycles.